The Balaban J connectivity index is 2.46. The molecule has 0 bridgehead atoms. The molecule has 1 heterocycles. The Morgan fingerprint density at radius 3 is 2.61 bits per heavy atom. The Morgan fingerprint density at radius 1 is 1.39 bits per heavy atom. The zero-order chi connectivity index (χ0) is 13.5. The number of hydrogen-bond donors (Lipinski definition) is 2. The molecule has 1 aromatic heterocycles. The number of nitrogens with zero attached hydrogens (tertiary/aromatic N) is 1. The van der Waals surface area contributed by atoms with E-state index in [-0.39, 0.29) is 0 Å². The van der Waals surface area contributed by atoms with Crippen LogP contribution in [0, 0.1) is 0 Å². The van der Waals surface area contributed by atoms with E-state index in [1.54, 1.807) is 0 Å². The Hall–Kier alpha value is -0.715. The molecule has 4 N–H and O–H groups in total. The van der Waals surface area contributed by atoms with Gasteiger partial charge >= 0.3 is 117 Å². The molecule has 0 saturated carbocycles. The fourth-order valence-electron chi connectivity index (χ4n) is 1.91. The maximum atomic E-state index is 6.12. The van der Waals surface area contributed by atoms with E-state index in [2.05, 4.69) is 34.6 Å². The van der Waals surface area contributed by atoms with Crippen LogP contribution in [0.3, 0.4) is 0 Å². The van der Waals surface area contributed by atoms with Crippen LogP contribution in [0.5, 0.6) is 0 Å². The molecule has 0 radical (unpaired) electrons. The van der Waals surface area contributed by atoms with Crippen molar-refractivity contribution in [3.63, 3.8) is 0 Å². The molecule has 2 rings (SSSR count). The monoisotopic (exact) mass is 280 g/mol. The molecule has 0 fully saturated rings. The van der Waals surface area contributed by atoms with Crippen molar-refractivity contribution >= 4 is 39.8 Å². The zero-order valence-electron chi connectivity index (χ0n) is 11.1. The van der Waals surface area contributed by atoms with Crippen molar-refractivity contribution in [2.75, 3.05) is 21.1 Å². The van der Waals surface area contributed by atoms with E-state index < -0.39 is 0 Å². The average Bonchev–Trinajstić information content (AvgIpc) is 2.65. The van der Waals surface area contributed by atoms with Crippen LogP contribution in [0.15, 0.2) is 17.3 Å². The summed E-state index contributed by atoms with van der Waals surface area (Å²) in [5, 5.41) is 0.596. The quantitative estimate of drug-likeness (QED) is 0.833. The summed E-state index contributed by atoms with van der Waals surface area (Å²) < 4.78 is 0.832. The first-order valence-electron chi connectivity index (χ1n) is 5.85. The van der Waals surface area contributed by atoms with Gasteiger partial charge in [-0.05, 0) is 0 Å². The molecule has 1 aliphatic rings. The number of thioether (sulfide) groups is 1. The Labute approximate surface area is 117 Å². The van der Waals surface area contributed by atoms with Gasteiger partial charge in [-0.15, -0.1) is 0 Å². The van der Waals surface area contributed by atoms with Crippen LogP contribution in [0.4, 0.5) is 4.90 Å². The second-order valence-electron chi connectivity index (χ2n) is 5.36. The topological polar surface area (TPSA) is 52.0 Å². The third kappa shape index (κ3) is 2.65. The molecule has 18 heavy (non-hydrogen) atoms. The molecule has 96 valence electrons. The summed E-state index contributed by atoms with van der Waals surface area (Å²) in [5.41, 5.74) is 14.0. The molecular formula is C12H19BN3S2+. The summed E-state index contributed by atoms with van der Waals surface area (Å²) in [6.07, 6.45) is 1.95. The fraction of sp³-hybridized carbons (Fsp3) is 0.417. The number of fused-ring (bicyclic) bond motifs is 1. The predicted molar refractivity (Wildman–Crippen MR) is 85.6 cm³/mol. The van der Waals surface area contributed by atoms with Gasteiger partial charge in [-0.25, -0.2) is 0 Å². The first kappa shape index (κ1) is 13.7. The molecule has 0 aromatic carbocycles. The second-order valence-corrected chi connectivity index (χ2v) is 7.61. The molecule has 0 amide bonds. The summed E-state index contributed by atoms with van der Waals surface area (Å²) in [4.78, 5) is 3.85. The third-order valence-corrected chi connectivity index (χ3v) is 5.34. The molecule has 0 saturated heterocycles. The van der Waals surface area contributed by atoms with Crippen LogP contribution in [0.25, 0.3) is 4.91 Å². The Bertz CT molecular complexity index is 526. The fourth-order valence-corrected chi connectivity index (χ4v) is 3.94. The third-order valence-electron chi connectivity index (χ3n) is 2.85. The summed E-state index contributed by atoms with van der Waals surface area (Å²) in [6, 6.07) is 0. The number of hydrogen-bond acceptors (Lipinski definition) is 4. The first-order valence-corrected chi connectivity index (χ1v) is 7.48. The van der Waals surface area contributed by atoms with Crippen molar-refractivity contribution in [1.82, 2.24) is 4.48 Å². The number of aryl methyl sites for hydroxylation is 1. The van der Waals surface area contributed by atoms with Crippen molar-refractivity contribution in [3.8, 4) is 0 Å². The van der Waals surface area contributed by atoms with E-state index in [4.69, 9.17) is 11.5 Å². The predicted octanol–water partition coefficient (Wildman–Crippen LogP) is 2.02. The van der Waals surface area contributed by atoms with Gasteiger partial charge in [0.25, 0.3) is 0 Å². The average molecular weight is 280 g/mol. The first-order chi connectivity index (χ1) is 8.29. The summed E-state index contributed by atoms with van der Waals surface area (Å²) in [6.45, 7) is 6.01. The van der Waals surface area contributed by atoms with Gasteiger partial charge in [-0.2, -0.15) is 0 Å². The Kier molecular flexibility index (Phi) is 3.62. The molecule has 1 aliphatic carbocycles. The van der Waals surface area contributed by atoms with E-state index in [0.717, 1.165) is 27.9 Å². The van der Waals surface area contributed by atoms with Gasteiger partial charge in [0.2, 0.25) is 0 Å². The van der Waals surface area contributed by atoms with Gasteiger partial charge in [0.15, 0.2) is 0 Å². The van der Waals surface area contributed by atoms with Gasteiger partial charge < -0.3 is 0 Å². The number of quaternary nitrogens is 1. The number of rotatable bonds is 3. The molecule has 0 atom stereocenters. The standard InChI is InChI=1S/C12H19BN3S2/c1-7(14)17-11-8(15)5-6-9-10(11)13-12(18-9)16(2,3)4/h1,5-6,14-15H2,2-4H3/q+1. The van der Waals surface area contributed by atoms with E-state index in [9.17, 15) is 0 Å². The van der Waals surface area contributed by atoms with Gasteiger partial charge in [0.05, 0.1) is 0 Å². The van der Waals surface area contributed by atoms with Crippen LogP contribution in [-0.4, -0.2) is 28.1 Å². The van der Waals surface area contributed by atoms with Crippen LogP contribution >= 0.6 is 23.1 Å². The van der Waals surface area contributed by atoms with Crippen molar-refractivity contribution in [2.45, 2.75) is 12.8 Å². The minimum atomic E-state index is 0.596. The van der Waals surface area contributed by atoms with Crippen molar-refractivity contribution in [2.24, 2.45) is 11.5 Å². The molecular weight excluding hydrogens is 261 g/mol. The molecule has 1 aromatic rings. The van der Waals surface area contributed by atoms with Crippen molar-refractivity contribution < 1.29 is 0 Å². The van der Waals surface area contributed by atoms with Crippen LogP contribution < -0.4 is 16.0 Å². The van der Waals surface area contributed by atoms with Crippen molar-refractivity contribution in [3.05, 3.63) is 27.6 Å². The molecule has 6 heteroatoms. The van der Waals surface area contributed by atoms with Gasteiger partial charge in [0.1, 0.15) is 0 Å². The SMILES string of the molecule is C=C(N)SC1=C(N)CCc2sc([N+](C)(C)C)bc21. The molecule has 0 unspecified atom stereocenters. The molecule has 3 nitrogen and oxygen atoms in total. The van der Waals surface area contributed by atoms with E-state index in [0.29, 0.717) is 5.03 Å². The van der Waals surface area contributed by atoms with Gasteiger partial charge in [0, 0.05) is 0 Å². The number of allylic oxidation sites excluding steroid dienone is 1. The van der Waals surface area contributed by atoms with E-state index in [1.165, 1.54) is 27.0 Å². The molecule has 0 spiro atoms. The van der Waals surface area contributed by atoms with Crippen LogP contribution in [-0.2, 0) is 6.42 Å². The summed E-state index contributed by atoms with van der Waals surface area (Å²) >= 11 is 3.36. The van der Waals surface area contributed by atoms with E-state index in [1.807, 2.05) is 11.3 Å². The Morgan fingerprint density at radius 2 is 2.06 bits per heavy atom. The molecule has 0 aliphatic heterocycles. The van der Waals surface area contributed by atoms with E-state index >= 15 is 0 Å². The van der Waals surface area contributed by atoms with Crippen LogP contribution in [0.1, 0.15) is 16.8 Å². The summed E-state index contributed by atoms with van der Waals surface area (Å²) in [7, 11) is 6.54. The number of nitrogens with two attached hydrogens (primary N) is 2. The van der Waals surface area contributed by atoms with Crippen LogP contribution in [0.2, 0.25) is 0 Å². The summed E-state index contributed by atoms with van der Waals surface area (Å²) in [5.74, 6) is 0. The second kappa shape index (κ2) is 4.76. The normalized spacial score (nSPS) is 15.5. The van der Waals surface area contributed by atoms with Gasteiger partial charge in [-0.3, -0.25) is 0 Å². The van der Waals surface area contributed by atoms with Crippen molar-refractivity contribution in [1.29, 1.82) is 0 Å². The van der Waals surface area contributed by atoms with Gasteiger partial charge in [-0.1, -0.05) is 0 Å². The minimum absolute atomic E-state index is 0.596. The zero-order valence-corrected chi connectivity index (χ0v) is 12.8. The maximum absolute atomic E-state index is 6.12.